The van der Waals surface area contributed by atoms with Gasteiger partial charge in [-0.2, -0.15) is 0 Å². The molecule has 1 aromatic heterocycles. The average Bonchev–Trinajstić information content (AvgIpc) is 3.30. The quantitative estimate of drug-likeness (QED) is 0.794. The van der Waals surface area contributed by atoms with Crippen molar-refractivity contribution in [2.24, 2.45) is 5.92 Å². The Bertz CT molecular complexity index is 709. The van der Waals surface area contributed by atoms with E-state index in [1.807, 2.05) is 29.2 Å². The predicted octanol–water partition coefficient (Wildman–Crippen LogP) is 3.31. The van der Waals surface area contributed by atoms with E-state index in [1.165, 1.54) is 36.8 Å². The van der Waals surface area contributed by atoms with Crippen molar-refractivity contribution in [2.75, 3.05) is 0 Å². The van der Waals surface area contributed by atoms with Crippen LogP contribution in [0.4, 0.5) is 0 Å². The van der Waals surface area contributed by atoms with Crippen LogP contribution in [0.5, 0.6) is 0 Å². The molecule has 5 nitrogen and oxygen atoms in total. The Morgan fingerprint density at radius 3 is 2.70 bits per heavy atom. The average molecular weight is 411 g/mol. The summed E-state index contributed by atoms with van der Waals surface area (Å²) in [6.07, 6.45) is 11.7. The molecule has 0 spiro atoms. The van der Waals surface area contributed by atoms with Crippen molar-refractivity contribution in [3.63, 3.8) is 0 Å². The van der Waals surface area contributed by atoms with E-state index in [1.54, 1.807) is 6.20 Å². The summed E-state index contributed by atoms with van der Waals surface area (Å²) >= 11 is 0. The predicted molar refractivity (Wildman–Crippen MR) is 111 cm³/mol. The molecule has 3 unspecified atom stereocenters. The number of hydrogen-bond donors (Lipinski definition) is 2. The van der Waals surface area contributed by atoms with Crippen molar-refractivity contribution < 1.29 is 4.79 Å². The highest BCUT2D eigenvalue weighted by molar-refractivity contribution is 5.85. The largest absolute Gasteiger partial charge is 0.351 e. The van der Waals surface area contributed by atoms with Gasteiger partial charge >= 0.3 is 0 Å². The van der Waals surface area contributed by atoms with E-state index >= 15 is 0 Å². The van der Waals surface area contributed by atoms with Gasteiger partial charge in [0.2, 0.25) is 5.91 Å². The third kappa shape index (κ3) is 5.24. The normalized spacial score (nSPS) is 23.6. The number of imidazole rings is 1. The van der Waals surface area contributed by atoms with Crippen molar-refractivity contribution in [2.45, 2.75) is 57.3 Å². The van der Waals surface area contributed by atoms with Crippen molar-refractivity contribution in [3.05, 3.63) is 54.1 Å². The second-order valence-corrected chi connectivity index (χ2v) is 7.33. The highest BCUT2D eigenvalue weighted by Crippen LogP contribution is 2.33. The first kappa shape index (κ1) is 21.7. The third-order valence-corrected chi connectivity index (χ3v) is 5.66. The lowest BCUT2D eigenvalue weighted by atomic mass is 9.85. The van der Waals surface area contributed by atoms with E-state index in [0.29, 0.717) is 18.5 Å². The zero-order chi connectivity index (χ0) is 17.1. The maximum atomic E-state index is 12.6. The Morgan fingerprint density at radius 1 is 1.19 bits per heavy atom. The van der Waals surface area contributed by atoms with Gasteiger partial charge in [0.1, 0.15) is 0 Å². The highest BCUT2D eigenvalue weighted by atomic mass is 35.5. The number of aromatic nitrogens is 2. The molecule has 1 aliphatic heterocycles. The van der Waals surface area contributed by atoms with Gasteiger partial charge in [-0.3, -0.25) is 4.79 Å². The molecule has 1 saturated heterocycles. The van der Waals surface area contributed by atoms with Crippen LogP contribution in [0.25, 0.3) is 0 Å². The molecular weight excluding hydrogens is 383 g/mol. The first-order valence-electron chi connectivity index (χ1n) is 9.36. The molecule has 2 N–H and O–H groups in total. The molecule has 2 aromatic rings. The van der Waals surface area contributed by atoms with Crippen LogP contribution < -0.4 is 10.6 Å². The molecule has 27 heavy (non-hydrogen) atoms. The Morgan fingerprint density at radius 2 is 1.96 bits per heavy atom. The van der Waals surface area contributed by atoms with Gasteiger partial charge in [0.15, 0.2) is 0 Å². The van der Waals surface area contributed by atoms with E-state index < -0.39 is 0 Å². The van der Waals surface area contributed by atoms with Crippen molar-refractivity contribution in [1.29, 1.82) is 0 Å². The summed E-state index contributed by atoms with van der Waals surface area (Å²) in [7, 11) is 0. The molecule has 1 aliphatic carbocycles. The number of amides is 1. The summed E-state index contributed by atoms with van der Waals surface area (Å²) in [4.78, 5) is 16.7. The molecule has 2 fully saturated rings. The SMILES string of the molecule is Cl.Cl.O=C(NCc1ccccc1Cn1ccnc1)C1CC2CCCCC2N1. The third-order valence-electron chi connectivity index (χ3n) is 5.66. The van der Waals surface area contributed by atoms with E-state index in [-0.39, 0.29) is 36.8 Å². The molecule has 1 amide bonds. The number of hydrogen-bond acceptors (Lipinski definition) is 3. The zero-order valence-corrected chi connectivity index (χ0v) is 17.0. The summed E-state index contributed by atoms with van der Waals surface area (Å²) in [6, 6.07) is 8.81. The van der Waals surface area contributed by atoms with Crippen LogP contribution in [0, 0.1) is 5.92 Å². The van der Waals surface area contributed by atoms with Crippen molar-refractivity contribution >= 4 is 30.7 Å². The maximum absolute atomic E-state index is 12.6. The molecule has 148 valence electrons. The fourth-order valence-electron chi connectivity index (χ4n) is 4.29. The first-order valence-corrected chi connectivity index (χ1v) is 9.36. The number of benzene rings is 1. The molecule has 7 heteroatoms. The molecule has 1 saturated carbocycles. The van der Waals surface area contributed by atoms with Crippen LogP contribution in [0.1, 0.15) is 43.2 Å². The lowest BCUT2D eigenvalue weighted by molar-refractivity contribution is -0.123. The van der Waals surface area contributed by atoms with Crippen LogP contribution >= 0.6 is 24.8 Å². The molecular formula is C20H28Cl2N4O. The fraction of sp³-hybridized carbons (Fsp3) is 0.500. The van der Waals surface area contributed by atoms with Gasteiger partial charge in [-0.1, -0.05) is 37.1 Å². The summed E-state index contributed by atoms with van der Waals surface area (Å²) in [6.45, 7) is 1.36. The molecule has 3 atom stereocenters. The molecule has 0 radical (unpaired) electrons. The summed E-state index contributed by atoms with van der Waals surface area (Å²) in [5.41, 5.74) is 2.38. The molecule has 1 aromatic carbocycles. The Kier molecular flexibility index (Phi) is 8.14. The van der Waals surface area contributed by atoms with Gasteiger partial charge in [-0.25, -0.2) is 4.98 Å². The molecule has 4 rings (SSSR count). The van der Waals surface area contributed by atoms with E-state index in [2.05, 4.69) is 27.8 Å². The number of fused-ring (bicyclic) bond motifs is 1. The minimum Gasteiger partial charge on any atom is -0.351 e. The smallest absolute Gasteiger partial charge is 0.237 e. The Balaban J connectivity index is 0.00000131. The van der Waals surface area contributed by atoms with Gasteiger partial charge in [-0.05, 0) is 36.3 Å². The maximum Gasteiger partial charge on any atom is 0.237 e. The summed E-state index contributed by atoms with van der Waals surface area (Å²) in [5, 5.41) is 6.70. The van der Waals surface area contributed by atoms with Gasteiger partial charge in [0.05, 0.1) is 12.4 Å². The van der Waals surface area contributed by atoms with Crippen LogP contribution in [-0.4, -0.2) is 27.5 Å². The number of halogens is 2. The van der Waals surface area contributed by atoms with Crippen LogP contribution in [0.2, 0.25) is 0 Å². The summed E-state index contributed by atoms with van der Waals surface area (Å²) in [5.74, 6) is 0.838. The lowest BCUT2D eigenvalue weighted by Crippen LogP contribution is -2.43. The highest BCUT2D eigenvalue weighted by Gasteiger charge is 2.37. The zero-order valence-electron chi connectivity index (χ0n) is 15.3. The molecule has 0 bridgehead atoms. The van der Waals surface area contributed by atoms with Crippen molar-refractivity contribution in [3.8, 4) is 0 Å². The number of carbonyl (C=O) groups is 1. The number of nitrogens with zero attached hydrogens (tertiary/aromatic N) is 2. The van der Waals surface area contributed by atoms with E-state index in [9.17, 15) is 4.79 Å². The second-order valence-electron chi connectivity index (χ2n) is 7.33. The van der Waals surface area contributed by atoms with Crippen LogP contribution in [-0.2, 0) is 17.9 Å². The number of carbonyl (C=O) groups excluding carboxylic acids is 1. The van der Waals surface area contributed by atoms with Crippen LogP contribution in [0.3, 0.4) is 0 Å². The Hall–Kier alpha value is -1.56. The lowest BCUT2D eigenvalue weighted by Gasteiger charge is -2.24. The minimum absolute atomic E-state index is 0. The fourth-order valence-corrected chi connectivity index (χ4v) is 4.29. The van der Waals surface area contributed by atoms with E-state index in [0.717, 1.165) is 13.0 Å². The standard InChI is InChI=1S/C20H26N4O.2ClH/c25-20(19-11-15-5-3-4-8-18(15)23-19)22-12-16-6-1-2-7-17(16)13-24-10-9-21-14-24;;/h1-2,6-7,9-10,14-15,18-19,23H,3-5,8,11-13H2,(H,22,25);2*1H. The summed E-state index contributed by atoms with van der Waals surface area (Å²) < 4.78 is 2.05. The number of rotatable bonds is 5. The Labute approximate surface area is 173 Å². The second kappa shape index (κ2) is 10.1. The monoisotopic (exact) mass is 410 g/mol. The first-order chi connectivity index (χ1) is 12.3. The van der Waals surface area contributed by atoms with Gasteiger partial charge in [0.25, 0.3) is 0 Å². The van der Waals surface area contributed by atoms with E-state index in [4.69, 9.17) is 0 Å². The van der Waals surface area contributed by atoms with Gasteiger partial charge in [-0.15, -0.1) is 24.8 Å². The molecule has 2 aliphatic rings. The van der Waals surface area contributed by atoms with Gasteiger partial charge < -0.3 is 15.2 Å². The topological polar surface area (TPSA) is 59.0 Å². The minimum atomic E-state index is -0.0195. The van der Waals surface area contributed by atoms with Crippen LogP contribution in [0.15, 0.2) is 43.0 Å². The van der Waals surface area contributed by atoms with Crippen molar-refractivity contribution in [1.82, 2.24) is 20.2 Å². The molecule has 2 heterocycles. The number of nitrogens with one attached hydrogen (secondary N) is 2. The van der Waals surface area contributed by atoms with Gasteiger partial charge in [0, 0.05) is 31.5 Å².